The minimum atomic E-state index is 0.499. The molecule has 84 valence electrons. The molecule has 0 aromatic carbocycles. The lowest BCUT2D eigenvalue weighted by atomic mass is 10.2. The standard InChI is InChI=1S/C11H18ClN3/c1-3-4-5-6-7-13-11-14-9(2)8-10(12)15-11/h8H,3-7H2,1-2H3,(H,13,14,15). The predicted molar refractivity (Wildman–Crippen MR) is 64.4 cm³/mol. The summed E-state index contributed by atoms with van der Waals surface area (Å²) in [6, 6.07) is 1.75. The Hall–Kier alpha value is -0.830. The predicted octanol–water partition coefficient (Wildman–Crippen LogP) is 3.43. The summed E-state index contributed by atoms with van der Waals surface area (Å²) in [7, 11) is 0. The van der Waals surface area contributed by atoms with Gasteiger partial charge in [0.2, 0.25) is 5.95 Å². The van der Waals surface area contributed by atoms with Crippen LogP contribution in [-0.4, -0.2) is 16.5 Å². The van der Waals surface area contributed by atoms with Crippen LogP contribution < -0.4 is 5.32 Å². The lowest BCUT2D eigenvalue weighted by Crippen LogP contribution is -2.06. The molecular formula is C11H18ClN3. The van der Waals surface area contributed by atoms with Crippen LogP contribution in [0.25, 0.3) is 0 Å². The lowest BCUT2D eigenvalue weighted by Gasteiger charge is -2.05. The Balaban J connectivity index is 2.31. The number of unbranched alkanes of at least 4 members (excludes halogenated alkanes) is 3. The van der Waals surface area contributed by atoms with E-state index < -0.39 is 0 Å². The van der Waals surface area contributed by atoms with E-state index in [1.165, 1.54) is 19.3 Å². The van der Waals surface area contributed by atoms with Gasteiger partial charge < -0.3 is 5.32 Å². The highest BCUT2D eigenvalue weighted by Crippen LogP contribution is 2.09. The molecule has 0 unspecified atom stereocenters. The molecule has 0 fully saturated rings. The molecular weight excluding hydrogens is 210 g/mol. The van der Waals surface area contributed by atoms with Crippen LogP contribution in [-0.2, 0) is 0 Å². The summed E-state index contributed by atoms with van der Waals surface area (Å²) in [5.41, 5.74) is 0.894. The summed E-state index contributed by atoms with van der Waals surface area (Å²) >= 11 is 5.82. The van der Waals surface area contributed by atoms with Crippen LogP contribution in [0.1, 0.15) is 38.3 Å². The number of hydrogen-bond donors (Lipinski definition) is 1. The molecule has 0 spiro atoms. The smallest absolute Gasteiger partial charge is 0.224 e. The second-order valence-corrected chi connectivity index (χ2v) is 4.03. The van der Waals surface area contributed by atoms with E-state index in [-0.39, 0.29) is 0 Å². The molecule has 0 aliphatic carbocycles. The average molecular weight is 228 g/mol. The summed E-state index contributed by atoms with van der Waals surface area (Å²) < 4.78 is 0. The van der Waals surface area contributed by atoms with Gasteiger partial charge >= 0.3 is 0 Å². The van der Waals surface area contributed by atoms with Crippen molar-refractivity contribution in [1.29, 1.82) is 0 Å². The zero-order valence-electron chi connectivity index (χ0n) is 9.39. The fourth-order valence-electron chi connectivity index (χ4n) is 1.36. The Labute approximate surface area is 96.3 Å². The molecule has 0 aliphatic rings. The van der Waals surface area contributed by atoms with Crippen LogP contribution in [0.15, 0.2) is 6.07 Å². The first kappa shape index (κ1) is 12.2. The van der Waals surface area contributed by atoms with Crippen LogP contribution in [0.2, 0.25) is 5.15 Å². The van der Waals surface area contributed by atoms with Gasteiger partial charge in [-0.05, 0) is 19.4 Å². The van der Waals surface area contributed by atoms with Gasteiger partial charge in [-0.15, -0.1) is 0 Å². The Morgan fingerprint density at radius 1 is 1.27 bits per heavy atom. The molecule has 0 saturated heterocycles. The number of aromatic nitrogens is 2. The number of hydrogen-bond acceptors (Lipinski definition) is 3. The zero-order chi connectivity index (χ0) is 11.1. The SMILES string of the molecule is CCCCCCNc1nc(C)cc(Cl)n1. The Morgan fingerprint density at radius 3 is 2.73 bits per heavy atom. The molecule has 1 aromatic rings. The monoisotopic (exact) mass is 227 g/mol. The van der Waals surface area contributed by atoms with E-state index in [1.807, 2.05) is 6.92 Å². The minimum Gasteiger partial charge on any atom is -0.354 e. The molecule has 1 heterocycles. The van der Waals surface area contributed by atoms with Crippen molar-refractivity contribution in [1.82, 2.24) is 9.97 Å². The third-order valence-corrected chi connectivity index (χ3v) is 2.33. The number of anilines is 1. The van der Waals surface area contributed by atoms with Gasteiger partial charge in [0.15, 0.2) is 0 Å². The van der Waals surface area contributed by atoms with Crippen LogP contribution in [0.5, 0.6) is 0 Å². The van der Waals surface area contributed by atoms with Gasteiger partial charge in [-0.3, -0.25) is 0 Å². The van der Waals surface area contributed by atoms with Gasteiger partial charge in [0.1, 0.15) is 5.15 Å². The summed E-state index contributed by atoms with van der Waals surface area (Å²) in [6.07, 6.45) is 4.95. The molecule has 0 amide bonds. The Morgan fingerprint density at radius 2 is 2.07 bits per heavy atom. The maximum Gasteiger partial charge on any atom is 0.224 e. The second kappa shape index (κ2) is 6.62. The van der Waals surface area contributed by atoms with Gasteiger partial charge in [-0.25, -0.2) is 9.97 Å². The summed E-state index contributed by atoms with van der Waals surface area (Å²) in [6.45, 7) is 5.03. The summed E-state index contributed by atoms with van der Waals surface area (Å²) in [5, 5.41) is 3.68. The van der Waals surface area contributed by atoms with Crippen molar-refractivity contribution in [3.05, 3.63) is 16.9 Å². The molecule has 3 nitrogen and oxygen atoms in total. The highest BCUT2D eigenvalue weighted by atomic mass is 35.5. The van der Waals surface area contributed by atoms with E-state index in [4.69, 9.17) is 11.6 Å². The topological polar surface area (TPSA) is 37.8 Å². The molecule has 0 radical (unpaired) electrons. The number of halogens is 1. The normalized spacial score (nSPS) is 10.3. The number of rotatable bonds is 6. The molecule has 1 aromatic heterocycles. The summed E-state index contributed by atoms with van der Waals surface area (Å²) in [5.74, 6) is 0.636. The van der Waals surface area contributed by atoms with Crippen molar-refractivity contribution in [2.75, 3.05) is 11.9 Å². The molecule has 0 aliphatic heterocycles. The fraction of sp³-hybridized carbons (Fsp3) is 0.636. The van der Waals surface area contributed by atoms with E-state index in [9.17, 15) is 0 Å². The van der Waals surface area contributed by atoms with E-state index in [2.05, 4.69) is 22.2 Å². The van der Waals surface area contributed by atoms with Crippen LogP contribution in [0.4, 0.5) is 5.95 Å². The van der Waals surface area contributed by atoms with Crippen molar-refractivity contribution >= 4 is 17.5 Å². The van der Waals surface area contributed by atoms with Crippen molar-refractivity contribution < 1.29 is 0 Å². The summed E-state index contributed by atoms with van der Waals surface area (Å²) in [4.78, 5) is 8.34. The lowest BCUT2D eigenvalue weighted by molar-refractivity contribution is 0.683. The Kier molecular flexibility index (Phi) is 5.40. The van der Waals surface area contributed by atoms with E-state index >= 15 is 0 Å². The van der Waals surface area contributed by atoms with Crippen molar-refractivity contribution in [3.63, 3.8) is 0 Å². The van der Waals surface area contributed by atoms with Gasteiger partial charge in [-0.2, -0.15) is 0 Å². The largest absolute Gasteiger partial charge is 0.354 e. The number of nitrogens with one attached hydrogen (secondary N) is 1. The van der Waals surface area contributed by atoms with Crippen LogP contribution in [0, 0.1) is 6.92 Å². The first-order valence-corrected chi connectivity index (χ1v) is 5.85. The van der Waals surface area contributed by atoms with Gasteiger partial charge in [0.25, 0.3) is 0 Å². The molecule has 0 saturated carbocycles. The second-order valence-electron chi connectivity index (χ2n) is 3.64. The van der Waals surface area contributed by atoms with E-state index in [0.29, 0.717) is 11.1 Å². The Bertz CT molecular complexity index is 282. The highest BCUT2D eigenvalue weighted by molar-refractivity contribution is 6.29. The maximum atomic E-state index is 5.82. The van der Waals surface area contributed by atoms with E-state index in [1.54, 1.807) is 6.07 Å². The van der Waals surface area contributed by atoms with Gasteiger partial charge in [0, 0.05) is 12.2 Å². The molecule has 1 N–H and O–H groups in total. The van der Waals surface area contributed by atoms with Gasteiger partial charge in [0.05, 0.1) is 0 Å². The zero-order valence-corrected chi connectivity index (χ0v) is 10.1. The quantitative estimate of drug-likeness (QED) is 0.598. The molecule has 0 bridgehead atoms. The van der Waals surface area contributed by atoms with Crippen LogP contribution >= 0.6 is 11.6 Å². The van der Waals surface area contributed by atoms with Crippen LogP contribution in [0.3, 0.4) is 0 Å². The molecule has 4 heteroatoms. The molecule has 15 heavy (non-hydrogen) atoms. The third kappa shape index (κ3) is 4.98. The molecule has 0 atom stereocenters. The fourth-order valence-corrected chi connectivity index (χ4v) is 1.60. The first-order valence-electron chi connectivity index (χ1n) is 5.47. The van der Waals surface area contributed by atoms with Crippen molar-refractivity contribution in [2.24, 2.45) is 0 Å². The highest BCUT2D eigenvalue weighted by Gasteiger charge is 1.98. The first-order chi connectivity index (χ1) is 7.22. The third-order valence-electron chi connectivity index (χ3n) is 2.14. The van der Waals surface area contributed by atoms with Crippen molar-refractivity contribution in [2.45, 2.75) is 39.5 Å². The molecule has 1 rings (SSSR count). The van der Waals surface area contributed by atoms with Crippen molar-refractivity contribution in [3.8, 4) is 0 Å². The average Bonchev–Trinajstić information content (AvgIpc) is 2.16. The number of aryl methyl sites for hydroxylation is 1. The maximum absolute atomic E-state index is 5.82. The number of nitrogens with zero attached hydrogens (tertiary/aromatic N) is 2. The minimum absolute atomic E-state index is 0.499. The van der Waals surface area contributed by atoms with E-state index in [0.717, 1.165) is 18.7 Å². The van der Waals surface area contributed by atoms with Gasteiger partial charge in [-0.1, -0.05) is 37.8 Å².